The Morgan fingerprint density at radius 3 is 2.32 bits per heavy atom. The van der Waals surface area contributed by atoms with E-state index in [4.69, 9.17) is 5.21 Å². The summed E-state index contributed by atoms with van der Waals surface area (Å²) in [5, 5.41) is 21.9. The zero-order chi connectivity index (χ0) is 27.1. The zero-order valence-corrected chi connectivity index (χ0v) is 22.8. The maximum atomic E-state index is 14.0. The summed E-state index contributed by atoms with van der Waals surface area (Å²) in [6, 6.07) is 15.8. The van der Waals surface area contributed by atoms with Gasteiger partial charge in [-0.25, -0.2) is 8.42 Å². The molecule has 3 rings (SSSR count). The fraction of sp³-hybridized carbons (Fsp3) is 0.500. The number of hydrogen-bond donors (Lipinski definition) is 2. The van der Waals surface area contributed by atoms with E-state index in [2.05, 4.69) is 5.16 Å². The minimum atomic E-state index is -3.92. The first-order chi connectivity index (χ1) is 17.6. The van der Waals surface area contributed by atoms with Crippen LogP contribution in [0.3, 0.4) is 0 Å². The van der Waals surface area contributed by atoms with Gasteiger partial charge in [-0.1, -0.05) is 61.0 Å². The van der Waals surface area contributed by atoms with E-state index in [-0.39, 0.29) is 29.7 Å². The van der Waals surface area contributed by atoms with Gasteiger partial charge in [-0.05, 0) is 62.3 Å². The van der Waals surface area contributed by atoms with Gasteiger partial charge in [-0.3, -0.25) is 4.79 Å². The third kappa shape index (κ3) is 7.40. The van der Waals surface area contributed by atoms with Gasteiger partial charge >= 0.3 is 0 Å². The second kappa shape index (κ2) is 12.7. The van der Waals surface area contributed by atoms with E-state index in [1.54, 1.807) is 24.0 Å². The van der Waals surface area contributed by atoms with Crippen molar-refractivity contribution in [2.75, 3.05) is 13.1 Å². The maximum absolute atomic E-state index is 14.0. The molecule has 0 saturated heterocycles. The fourth-order valence-corrected chi connectivity index (χ4v) is 6.56. The standard InChI is InChI=1S/C28H39N3O5S/c1-4-28(3,17-27(33)30(19-22(2)32)20-24-9-6-5-7-10-24)31(21-25-11-8-12-25)37(35,36)26-15-13-23(14-16-26)18-29-34/h5-7,9-10,13-16,18,22,25,32,34H,4,8,11-12,17,19-21H2,1-3H3. The molecule has 9 heteroatoms. The Morgan fingerprint density at radius 2 is 1.81 bits per heavy atom. The van der Waals surface area contributed by atoms with Crippen LogP contribution in [0.2, 0.25) is 0 Å². The largest absolute Gasteiger partial charge is 0.411 e. The second-order valence-corrected chi connectivity index (χ2v) is 12.1. The number of aliphatic hydroxyl groups excluding tert-OH is 1. The predicted octanol–water partition coefficient (Wildman–Crippen LogP) is 4.25. The van der Waals surface area contributed by atoms with E-state index in [1.807, 2.05) is 44.2 Å². The summed E-state index contributed by atoms with van der Waals surface area (Å²) in [4.78, 5) is 15.4. The van der Waals surface area contributed by atoms with Crippen molar-refractivity contribution in [1.82, 2.24) is 9.21 Å². The van der Waals surface area contributed by atoms with Crippen LogP contribution in [0.1, 0.15) is 64.0 Å². The number of oxime groups is 1. The van der Waals surface area contributed by atoms with E-state index < -0.39 is 21.7 Å². The van der Waals surface area contributed by atoms with Gasteiger partial charge in [0.05, 0.1) is 17.2 Å². The van der Waals surface area contributed by atoms with Gasteiger partial charge in [0.15, 0.2) is 0 Å². The number of amides is 1. The van der Waals surface area contributed by atoms with Gasteiger partial charge in [0.2, 0.25) is 15.9 Å². The highest BCUT2D eigenvalue weighted by atomic mass is 32.2. The highest BCUT2D eigenvalue weighted by Crippen LogP contribution is 2.36. The van der Waals surface area contributed by atoms with Crippen molar-refractivity contribution in [3.05, 3.63) is 65.7 Å². The summed E-state index contributed by atoms with van der Waals surface area (Å²) in [5.41, 5.74) is 0.569. The first-order valence-corrected chi connectivity index (χ1v) is 14.3. The monoisotopic (exact) mass is 529 g/mol. The van der Waals surface area contributed by atoms with Crippen LogP contribution in [-0.2, 0) is 21.4 Å². The highest BCUT2D eigenvalue weighted by Gasteiger charge is 2.43. The van der Waals surface area contributed by atoms with Crippen molar-refractivity contribution in [2.45, 2.75) is 76.0 Å². The van der Waals surface area contributed by atoms with Crippen molar-refractivity contribution in [1.29, 1.82) is 0 Å². The molecule has 0 bridgehead atoms. The minimum Gasteiger partial charge on any atom is -0.411 e. The van der Waals surface area contributed by atoms with Crippen LogP contribution in [-0.4, -0.2) is 64.8 Å². The summed E-state index contributed by atoms with van der Waals surface area (Å²) in [6.07, 6.45) is 3.99. The molecule has 2 aromatic carbocycles. The molecule has 1 aliphatic carbocycles. The molecule has 0 aromatic heterocycles. The Labute approximate surface area is 220 Å². The molecule has 0 aliphatic heterocycles. The maximum Gasteiger partial charge on any atom is 0.243 e. The first kappa shape index (κ1) is 28.8. The Hall–Kier alpha value is -2.75. The summed E-state index contributed by atoms with van der Waals surface area (Å²) < 4.78 is 29.5. The summed E-state index contributed by atoms with van der Waals surface area (Å²) in [6.45, 7) is 6.26. The number of rotatable bonds is 13. The molecule has 8 nitrogen and oxygen atoms in total. The molecular weight excluding hydrogens is 490 g/mol. The lowest BCUT2D eigenvalue weighted by Gasteiger charge is -2.43. The Bertz CT molecular complexity index is 1150. The molecule has 1 amide bonds. The van der Waals surface area contributed by atoms with Crippen molar-refractivity contribution in [3.63, 3.8) is 0 Å². The molecular formula is C28H39N3O5S. The summed E-state index contributed by atoms with van der Waals surface area (Å²) in [5.74, 6) is 0.0619. The SMILES string of the molecule is CCC(C)(CC(=O)N(Cc1ccccc1)CC(C)O)N(CC1CCC1)S(=O)(=O)c1ccc(C=NO)cc1. The molecule has 2 N–H and O–H groups in total. The predicted molar refractivity (Wildman–Crippen MR) is 144 cm³/mol. The quantitative estimate of drug-likeness (QED) is 0.229. The number of sulfonamides is 1. The molecule has 2 unspecified atom stereocenters. The van der Waals surface area contributed by atoms with E-state index in [0.29, 0.717) is 25.1 Å². The lowest BCUT2D eigenvalue weighted by molar-refractivity contribution is -0.135. The van der Waals surface area contributed by atoms with Gasteiger partial charge in [0.25, 0.3) is 0 Å². The molecule has 37 heavy (non-hydrogen) atoms. The van der Waals surface area contributed by atoms with Crippen LogP contribution in [0.4, 0.5) is 0 Å². The van der Waals surface area contributed by atoms with Crippen molar-refractivity contribution < 1.29 is 23.5 Å². The average molecular weight is 530 g/mol. The summed E-state index contributed by atoms with van der Waals surface area (Å²) >= 11 is 0. The van der Waals surface area contributed by atoms with E-state index in [0.717, 1.165) is 24.8 Å². The van der Waals surface area contributed by atoms with Gasteiger partial charge < -0.3 is 15.2 Å². The van der Waals surface area contributed by atoms with Gasteiger partial charge in [-0.15, -0.1) is 0 Å². The molecule has 0 heterocycles. The van der Waals surface area contributed by atoms with Crippen molar-refractivity contribution in [3.8, 4) is 0 Å². The van der Waals surface area contributed by atoms with Crippen LogP contribution in [0.5, 0.6) is 0 Å². The molecule has 0 radical (unpaired) electrons. The topological polar surface area (TPSA) is 111 Å². The molecule has 2 aromatic rings. The lowest BCUT2D eigenvalue weighted by atomic mass is 9.84. The number of carbonyl (C=O) groups is 1. The van der Waals surface area contributed by atoms with Gasteiger partial charge in [0.1, 0.15) is 0 Å². The fourth-order valence-electron chi connectivity index (χ4n) is 4.64. The third-order valence-corrected chi connectivity index (χ3v) is 9.31. The average Bonchev–Trinajstić information content (AvgIpc) is 2.83. The van der Waals surface area contributed by atoms with E-state index in [9.17, 15) is 18.3 Å². The number of benzene rings is 2. The second-order valence-electron chi connectivity index (χ2n) is 10.3. The van der Waals surface area contributed by atoms with Gasteiger partial charge in [-0.2, -0.15) is 4.31 Å². The third-order valence-electron chi connectivity index (χ3n) is 7.27. The van der Waals surface area contributed by atoms with Crippen molar-refractivity contribution >= 4 is 22.1 Å². The molecule has 2 atom stereocenters. The minimum absolute atomic E-state index is 0.00422. The Morgan fingerprint density at radius 1 is 1.16 bits per heavy atom. The molecule has 0 spiro atoms. The van der Waals surface area contributed by atoms with E-state index >= 15 is 0 Å². The van der Waals surface area contributed by atoms with Crippen LogP contribution < -0.4 is 0 Å². The van der Waals surface area contributed by atoms with Crippen LogP contribution >= 0.6 is 0 Å². The van der Waals surface area contributed by atoms with Gasteiger partial charge in [0, 0.05) is 31.6 Å². The van der Waals surface area contributed by atoms with Crippen LogP contribution in [0.25, 0.3) is 0 Å². The number of hydrogen-bond acceptors (Lipinski definition) is 6. The zero-order valence-electron chi connectivity index (χ0n) is 22.0. The normalized spacial score (nSPS) is 16.9. The molecule has 1 aliphatic rings. The molecule has 1 saturated carbocycles. The lowest BCUT2D eigenvalue weighted by Crippen LogP contribution is -2.54. The first-order valence-electron chi connectivity index (χ1n) is 12.9. The molecule has 202 valence electrons. The number of carbonyl (C=O) groups excluding carboxylic acids is 1. The number of aliphatic hydroxyl groups is 1. The highest BCUT2D eigenvalue weighted by molar-refractivity contribution is 7.89. The van der Waals surface area contributed by atoms with Crippen LogP contribution in [0.15, 0.2) is 64.6 Å². The van der Waals surface area contributed by atoms with E-state index in [1.165, 1.54) is 22.7 Å². The molecule has 1 fully saturated rings. The van der Waals surface area contributed by atoms with Crippen LogP contribution in [0, 0.1) is 5.92 Å². The summed E-state index contributed by atoms with van der Waals surface area (Å²) in [7, 11) is -3.92. The Balaban J connectivity index is 1.92. The number of nitrogens with zero attached hydrogens (tertiary/aromatic N) is 3. The Kier molecular flexibility index (Phi) is 9.87. The van der Waals surface area contributed by atoms with Crippen molar-refractivity contribution in [2.24, 2.45) is 11.1 Å². The smallest absolute Gasteiger partial charge is 0.243 e.